The van der Waals surface area contributed by atoms with Crippen LogP contribution in [-0.4, -0.2) is 20.8 Å². The van der Waals surface area contributed by atoms with E-state index < -0.39 is 22.4 Å². The average Bonchev–Trinajstić information content (AvgIpc) is 2.84. The molecule has 1 amide bonds. The second kappa shape index (κ2) is 10.5. The molecule has 0 bridgehead atoms. The lowest BCUT2D eigenvalue weighted by molar-refractivity contribution is -0.383. The molecule has 170 valence electrons. The maximum atomic E-state index is 13.2. The van der Waals surface area contributed by atoms with Crippen LogP contribution in [-0.2, 0) is 4.79 Å². The van der Waals surface area contributed by atoms with E-state index in [1.807, 2.05) is 66.7 Å². The minimum atomic E-state index is -0.630. The van der Waals surface area contributed by atoms with Gasteiger partial charge in [0.15, 0.2) is 0 Å². The number of amides is 1. The molecule has 0 atom stereocenters. The van der Waals surface area contributed by atoms with Crippen molar-refractivity contribution in [2.24, 2.45) is 0 Å². The maximum Gasteiger partial charge on any atom is 0.355 e. The lowest BCUT2D eigenvalue weighted by Gasteiger charge is -2.18. The van der Waals surface area contributed by atoms with Gasteiger partial charge in [0, 0.05) is 10.2 Å². The molecule has 1 aromatic heterocycles. The minimum absolute atomic E-state index is 0.0162. The van der Waals surface area contributed by atoms with Gasteiger partial charge in [0.25, 0.3) is 0 Å². The second-order valence-corrected chi connectivity index (χ2v) is 8.10. The first-order chi connectivity index (χ1) is 16.5. The third-order valence-electron chi connectivity index (χ3n) is 4.92. The largest absolute Gasteiger partial charge is 0.355 e. The van der Waals surface area contributed by atoms with Crippen molar-refractivity contribution in [2.75, 3.05) is 10.7 Å². The highest BCUT2D eigenvalue weighted by molar-refractivity contribution is 9.10. The molecule has 0 fully saturated rings. The molecule has 0 saturated carbocycles. The highest BCUT2D eigenvalue weighted by atomic mass is 79.9. The molecule has 3 N–H and O–H groups in total. The van der Waals surface area contributed by atoms with Crippen LogP contribution in [0.25, 0.3) is 0 Å². The summed E-state index contributed by atoms with van der Waals surface area (Å²) in [5.74, 6) is -1.19. The van der Waals surface area contributed by atoms with E-state index in [1.54, 1.807) is 18.2 Å². The van der Waals surface area contributed by atoms with Crippen molar-refractivity contribution < 1.29 is 9.72 Å². The molecule has 4 aromatic rings. The van der Waals surface area contributed by atoms with E-state index in [4.69, 9.17) is 0 Å². The van der Waals surface area contributed by atoms with E-state index in [1.165, 1.54) is 6.33 Å². The van der Waals surface area contributed by atoms with Crippen molar-refractivity contribution in [2.45, 2.75) is 5.92 Å². The summed E-state index contributed by atoms with van der Waals surface area (Å²) in [6, 6.07) is 25.6. The number of nitrogens with zero attached hydrogens (tertiary/aromatic N) is 3. The van der Waals surface area contributed by atoms with Crippen LogP contribution >= 0.6 is 15.9 Å². The van der Waals surface area contributed by atoms with Gasteiger partial charge in [-0.2, -0.15) is 0 Å². The molecule has 0 radical (unpaired) electrons. The van der Waals surface area contributed by atoms with E-state index in [0.29, 0.717) is 5.69 Å². The topological polar surface area (TPSA) is 122 Å². The lowest BCUT2D eigenvalue weighted by Crippen LogP contribution is -2.35. The normalized spacial score (nSPS) is 10.5. The number of hydrogen-bond acceptors (Lipinski definition) is 7. The van der Waals surface area contributed by atoms with Gasteiger partial charge in [-0.25, -0.2) is 9.97 Å². The Hall–Kier alpha value is -4.31. The number of halogens is 1. The van der Waals surface area contributed by atoms with Crippen LogP contribution in [0.3, 0.4) is 0 Å². The molecule has 0 aliphatic carbocycles. The molecular weight excluding hydrogens is 500 g/mol. The zero-order valence-corrected chi connectivity index (χ0v) is 19.3. The summed E-state index contributed by atoms with van der Waals surface area (Å²) in [5.41, 5.74) is 6.94. The molecule has 10 heteroatoms. The van der Waals surface area contributed by atoms with Crippen molar-refractivity contribution >= 4 is 44.8 Å². The molecule has 34 heavy (non-hydrogen) atoms. The predicted molar refractivity (Wildman–Crippen MR) is 133 cm³/mol. The summed E-state index contributed by atoms with van der Waals surface area (Å²) in [7, 11) is 0. The molecule has 0 unspecified atom stereocenters. The number of aromatic nitrogens is 2. The Morgan fingerprint density at radius 3 is 2.09 bits per heavy atom. The van der Waals surface area contributed by atoms with Crippen LogP contribution < -0.4 is 16.2 Å². The number of hydrazine groups is 1. The van der Waals surface area contributed by atoms with Gasteiger partial charge < -0.3 is 5.32 Å². The van der Waals surface area contributed by atoms with E-state index in [9.17, 15) is 14.9 Å². The number of carbonyl (C=O) groups is 1. The van der Waals surface area contributed by atoms with Crippen LogP contribution in [0.5, 0.6) is 0 Å². The Morgan fingerprint density at radius 2 is 1.50 bits per heavy atom. The van der Waals surface area contributed by atoms with Gasteiger partial charge in [-0.15, -0.1) is 0 Å². The standard InChI is InChI=1S/C24H19BrN6O3/c25-18-12-7-13-19(14-18)28-22-21(31(33)34)23(27-15-26-22)29-30-24(32)20(16-8-3-1-4-9-16)17-10-5-2-6-11-17/h1-15,20H,(H,30,32)(H2,26,27,28,29). The third kappa shape index (κ3) is 5.36. The summed E-state index contributed by atoms with van der Waals surface area (Å²) in [4.78, 5) is 32.4. The zero-order valence-electron chi connectivity index (χ0n) is 17.7. The van der Waals surface area contributed by atoms with Gasteiger partial charge in [-0.3, -0.25) is 25.8 Å². The van der Waals surface area contributed by atoms with E-state index in [0.717, 1.165) is 15.6 Å². The maximum absolute atomic E-state index is 13.2. The summed E-state index contributed by atoms with van der Waals surface area (Å²) >= 11 is 3.36. The molecule has 0 spiro atoms. The van der Waals surface area contributed by atoms with E-state index in [-0.39, 0.29) is 11.6 Å². The number of nitro groups is 1. The van der Waals surface area contributed by atoms with Gasteiger partial charge in [-0.1, -0.05) is 82.7 Å². The number of benzene rings is 3. The van der Waals surface area contributed by atoms with Crippen LogP contribution in [0.15, 0.2) is 95.7 Å². The first kappa shape index (κ1) is 22.9. The van der Waals surface area contributed by atoms with Crippen LogP contribution in [0.4, 0.5) is 23.0 Å². The van der Waals surface area contributed by atoms with E-state index in [2.05, 4.69) is 42.1 Å². The van der Waals surface area contributed by atoms with Crippen molar-refractivity contribution in [3.8, 4) is 0 Å². The Balaban J connectivity index is 1.59. The summed E-state index contributed by atoms with van der Waals surface area (Å²) in [6.07, 6.45) is 1.17. The van der Waals surface area contributed by atoms with Gasteiger partial charge in [0.1, 0.15) is 6.33 Å². The van der Waals surface area contributed by atoms with Crippen molar-refractivity contribution in [3.63, 3.8) is 0 Å². The number of carbonyl (C=O) groups excluding carboxylic acids is 1. The van der Waals surface area contributed by atoms with Crippen LogP contribution in [0.2, 0.25) is 0 Å². The molecular formula is C24H19BrN6O3. The second-order valence-electron chi connectivity index (χ2n) is 7.18. The molecule has 9 nitrogen and oxygen atoms in total. The Kier molecular flexibility index (Phi) is 7.09. The molecule has 4 rings (SSSR count). The molecule has 0 aliphatic heterocycles. The third-order valence-corrected chi connectivity index (χ3v) is 5.42. The summed E-state index contributed by atoms with van der Waals surface area (Å²) in [6.45, 7) is 0. The average molecular weight is 519 g/mol. The predicted octanol–water partition coefficient (Wildman–Crippen LogP) is 5.17. The molecule has 3 aromatic carbocycles. The highest BCUT2D eigenvalue weighted by Crippen LogP contribution is 2.32. The van der Waals surface area contributed by atoms with Gasteiger partial charge in [0.2, 0.25) is 17.5 Å². The zero-order chi connectivity index (χ0) is 23.9. The summed E-state index contributed by atoms with van der Waals surface area (Å²) in [5, 5.41) is 14.8. The van der Waals surface area contributed by atoms with Gasteiger partial charge in [0.05, 0.1) is 10.8 Å². The molecule has 0 aliphatic rings. The first-order valence-electron chi connectivity index (χ1n) is 10.2. The minimum Gasteiger partial charge on any atom is -0.334 e. The smallest absolute Gasteiger partial charge is 0.334 e. The number of hydrogen-bond donors (Lipinski definition) is 3. The number of nitrogens with one attached hydrogen (secondary N) is 3. The molecule has 1 heterocycles. The quantitative estimate of drug-likeness (QED) is 0.217. The van der Waals surface area contributed by atoms with Crippen LogP contribution in [0.1, 0.15) is 17.0 Å². The SMILES string of the molecule is O=C(NNc1ncnc(Nc2cccc(Br)c2)c1[N+](=O)[O-])C(c1ccccc1)c1ccccc1. The number of anilines is 3. The van der Waals surface area contributed by atoms with Gasteiger partial charge in [-0.05, 0) is 29.3 Å². The van der Waals surface area contributed by atoms with Crippen molar-refractivity contribution in [1.82, 2.24) is 15.4 Å². The monoisotopic (exact) mass is 518 g/mol. The van der Waals surface area contributed by atoms with Gasteiger partial charge >= 0.3 is 5.69 Å². The van der Waals surface area contributed by atoms with Crippen molar-refractivity contribution in [3.05, 3.63) is 117 Å². The van der Waals surface area contributed by atoms with E-state index >= 15 is 0 Å². The Morgan fingerprint density at radius 1 is 0.882 bits per heavy atom. The van der Waals surface area contributed by atoms with Crippen LogP contribution in [0, 0.1) is 10.1 Å². The fourth-order valence-corrected chi connectivity index (χ4v) is 3.82. The number of rotatable bonds is 8. The lowest BCUT2D eigenvalue weighted by atomic mass is 9.91. The first-order valence-corrected chi connectivity index (χ1v) is 11.0. The molecule has 0 saturated heterocycles. The van der Waals surface area contributed by atoms with Crippen molar-refractivity contribution in [1.29, 1.82) is 0 Å². The fraction of sp³-hybridized carbons (Fsp3) is 0.0417. The Labute approximate surface area is 203 Å². The highest BCUT2D eigenvalue weighted by Gasteiger charge is 2.26. The summed E-state index contributed by atoms with van der Waals surface area (Å²) < 4.78 is 0.799. The Bertz CT molecular complexity index is 1270. The fourth-order valence-electron chi connectivity index (χ4n) is 3.42.